The predicted molar refractivity (Wildman–Crippen MR) is 107 cm³/mol. The maximum absolute atomic E-state index is 6.24. The van der Waals surface area contributed by atoms with Crippen LogP contribution in [0.3, 0.4) is 0 Å². The van der Waals surface area contributed by atoms with E-state index in [1.54, 1.807) is 18.5 Å². The van der Waals surface area contributed by atoms with Crippen molar-refractivity contribution in [3.8, 4) is 0 Å². The van der Waals surface area contributed by atoms with Crippen LogP contribution in [0.1, 0.15) is 28.8 Å². The minimum atomic E-state index is -0.0432. The van der Waals surface area contributed by atoms with Crippen LogP contribution >= 0.6 is 11.6 Å². The smallest absolute Gasteiger partial charge is 0.129 e. The maximum Gasteiger partial charge on any atom is 0.129 e. The Labute approximate surface area is 163 Å². The summed E-state index contributed by atoms with van der Waals surface area (Å²) in [4.78, 5) is 15.6. The molecule has 4 rings (SSSR count). The lowest BCUT2D eigenvalue weighted by Gasteiger charge is -2.37. The number of hydrogen-bond donors (Lipinski definition) is 0. The van der Waals surface area contributed by atoms with E-state index in [1.165, 1.54) is 0 Å². The molecule has 0 aromatic carbocycles. The number of aromatic nitrogens is 3. The molecule has 1 aliphatic heterocycles. The van der Waals surface area contributed by atoms with E-state index >= 15 is 0 Å². The molecule has 0 amide bonds. The predicted octanol–water partition coefficient (Wildman–Crippen LogP) is 4.78. The first-order valence-corrected chi connectivity index (χ1v) is 9.22. The van der Waals surface area contributed by atoms with Gasteiger partial charge in [0.2, 0.25) is 0 Å². The molecule has 0 bridgehead atoms. The van der Waals surface area contributed by atoms with E-state index in [0.717, 1.165) is 23.4 Å². The third-order valence-corrected chi connectivity index (χ3v) is 4.85. The highest BCUT2D eigenvalue weighted by atomic mass is 35.5. The van der Waals surface area contributed by atoms with E-state index in [2.05, 4.69) is 50.3 Å². The van der Waals surface area contributed by atoms with Gasteiger partial charge in [-0.25, -0.2) is 4.98 Å². The highest BCUT2D eigenvalue weighted by molar-refractivity contribution is 6.29. The summed E-state index contributed by atoms with van der Waals surface area (Å²) in [6.07, 6.45) is 15.8. The van der Waals surface area contributed by atoms with Crippen LogP contribution in [0, 0.1) is 0 Å². The van der Waals surface area contributed by atoms with Gasteiger partial charge in [-0.1, -0.05) is 42.0 Å². The van der Waals surface area contributed by atoms with Crippen LogP contribution in [0.15, 0.2) is 91.7 Å². The highest BCUT2D eigenvalue weighted by Crippen LogP contribution is 2.40. The van der Waals surface area contributed by atoms with Gasteiger partial charge >= 0.3 is 0 Å². The molecule has 27 heavy (non-hydrogen) atoms. The topological polar surface area (TPSA) is 41.9 Å². The monoisotopic (exact) mass is 374 g/mol. The van der Waals surface area contributed by atoms with Gasteiger partial charge in [-0.3, -0.25) is 9.97 Å². The first-order valence-electron chi connectivity index (χ1n) is 8.84. The Morgan fingerprint density at radius 2 is 1.63 bits per heavy atom. The number of halogens is 1. The molecule has 3 aromatic rings. The largest absolute Gasteiger partial charge is 0.364 e. The lowest BCUT2D eigenvalue weighted by Crippen LogP contribution is -2.31. The standard InChI is InChI=1S/C22H19ClN4/c23-20-10-4-9-19(26-20)22(27-13-2-1-3-14-27)21(17-7-5-11-24-15-17)18-8-6-12-25-16-18/h1-13,15-16,21-22H,14H2. The van der Waals surface area contributed by atoms with E-state index in [1.807, 2.05) is 42.7 Å². The molecule has 0 spiro atoms. The highest BCUT2D eigenvalue weighted by Gasteiger charge is 2.32. The third-order valence-electron chi connectivity index (χ3n) is 4.64. The Morgan fingerprint density at radius 3 is 2.19 bits per heavy atom. The van der Waals surface area contributed by atoms with Crippen molar-refractivity contribution in [1.29, 1.82) is 0 Å². The minimum absolute atomic E-state index is 0.00881. The molecule has 3 aromatic heterocycles. The summed E-state index contributed by atoms with van der Waals surface area (Å²) in [5, 5.41) is 0.491. The molecule has 134 valence electrons. The van der Waals surface area contributed by atoms with Gasteiger partial charge in [-0.15, -0.1) is 0 Å². The molecular formula is C22H19ClN4. The van der Waals surface area contributed by atoms with Crippen LogP contribution in [0.4, 0.5) is 0 Å². The van der Waals surface area contributed by atoms with E-state index in [9.17, 15) is 0 Å². The van der Waals surface area contributed by atoms with Crippen LogP contribution in [-0.2, 0) is 0 Å². The number of allylic oxidation sites excluding steroid dienone is 2. The summed E-state index contributed by atoms with van der Waals surface area (Å²) < 4.78 is 0. The Kier molecular flexibility index (Phi) is 5.26. The van der Waals surface area contributed by atoms with Crippen molar-refractivity contribution in [2.45, 2.75) is 12.0 Å². The summed E-state index contributed by atoms with van der Waals surface area (Å²) in [5.74, 6) is 0.00881. The van der Waals surface area contributed by atoms with Crippen LogP contribution in [0.25, 0.3) is 0 Å². The molecule has 0 N–H and O–H groups in total. The zero-order valence-corrected chi connectivity index (χ0v) is 15.4. The summed E-state index contributed by atoms with van der Waals surface area (Å²) in [5.41, 5.74) is 3.14. The molecule has 0 radical (unpaired) electrons. The summed E-state index contributed by atoms with van der Waals surface area (Å²) in [7, 11) is 0. The van der Waals surface area contributed by atoms with E-state index in [0.29, 0.717) is 5.15 Å². The lowest BCUT2D eigenvalue weighted by molar-refractivity contribution is 0.273. The molecule has 0 saturated carbocycles. The molecule has 5 heteroatoms. The van der Waals surface area contributed by atoms with E-state index < -0.39 is 0 Å². The molecule has 0 fully saturated rings. The first-order chi connectivity index (χ1) is 13.3. The van der Waals surface area contributed by atoms with Crippen LogP contribution in [-0.4, -0.2) is 26.4 Å². The van der Waals surface area contributed by atoms with Gasteiger partial charge in [0.05, 0.1) is 11.7 Å². The Balaban J connectivity index is 1.88. The average Bonchev–Trinajstić information content (AvgIpc) is 2.74. The van der Waals surface area contributed by atoms with Crippen molar-refractivity contribution in [3.63, 3.8) is 0 Å². The van der Waals surface area contributed by atoms with E-state index in [4.69, 9.17) is 11.6 Å². The van der Waals surface area contributed by atoms with Crippen molar-refractivity contribution >= 4 is 11.6 Å². The molecule has 0 aliphatic carbocycles. The number of nitrogens with zero attached hydrogens (tertiary/aromatic N) is 4. The second kappa shape index (κ2) is 8.14. The number of hydrogen-bond acceptors (Lipinski definition) is 4. The maximum atomic E-state index is 6.24. The summed E-state index contributed by atoms with van der Waals surface area (Å²) >= 11 is 6.24. The zero-order chi connectivity index (χ0) is 18.5. The minimum Gasteiger partial charge on any atom is -0.364 e. The number of pyridine rings is 3. The normalized spacial score (nSPS) is 14.5. The number of rotatable bonds is 5. The van der Waals surface area contributed by atoms with Crippen LogP contribution in [0.2, 0.25) is 5.15 Å². The molecular weight excluding hydrogens is 356 g/mol. The molecule has 4 heterocycles. The van der Waals surface area contributed by atoms with Gasteiger partial charge in [0.1, 0.15) is 5.15 Å². The first kappa shape index (κ1) is 17.4. The van der Waals surface area contributed by atoms with E-state index in [-0.39, 0.29) is 12.0 Å². The van der Waals surface area contributed by atoms with Crippen molar-refractivity contribution < 1.29 is 0 Å². The molecule has 1 atom stereocenters. The van der Waals surface area contributed by atoms with Crippen molar-refractivity contribution in [2.75, 3.05) is 6.54 Å². The van der Waals surface area contributed by atoms with Gasteiger partial charge in [0.25, 0.3) is 0 Å². The second-order valence-electron chi connectivity index (χ2n) is 6.35. The van der Waals surface area contributed by atoms with Crippen molar-refractivity contribution in [3.05, 3.63) is 114 Å². The summed E-state index contributed by atoms with van der Waals surface area (Å²) in [6.45, 7) is 0.798. The Hall–Kier alpha value is -2.98. The lowest BCUT2D eigenvalue weighted by atomic mass is 9.83. The fourth-order valence-corrected chi connectivity index (χ4v) is 3.66. The molecule has 4 nitrogen and oxygen atoms in total. The van der Waals surface area contributed by atoms with Crippen LogP contribution < -0.4 is 0 Å². The quantitative estimate of drug-likeness (QED) is 0.602. The van der Waals surface area contributed by atoms with Gasteiger partial charge in [-0.05, 0) is 41.5 Å². The average molecular weight is 375 g/mol. The zero-order valence-electron chi connectivity index (χ0n) is 14.7. The van der Waals surface area contributed by atoms with Crippen molar-refractivity contribution in [2.24, 2.45) is 0 Å². The van der Waals surface area contributed by atoms with Crippen molar-refractivity contribution in [1.82, 2.24) is 19.9 Å². The Morgan fingerprint density at radius 1 is 0.889 bits per heavy atom. The Bertz CT molecular complexity index is 901. The molecule has 0 saturated heterocycles. The van der Waals surface area contributed by atoms with Gasteiger partial charge in [-0.2, -0.15) is 0 Å². The van der Waals surface area contributed by atoms with Crippen LogP contribution in [0.5, 0.6) is 0 Å². The molecule has 1 aliphatic rings. The summed E-state index contributed by atoms with van der Waals surface area (Å²) in [6, 6.07) is 13.9. The SMILES string of the molecule is Clc1cccc(C(C(c2cccnc2)c2cccnc2)N2C=CC=CC2)n1. The second-order valence-corrected chi connectivity index (χ2v) is 6.73. The third kappa shape index (κ3) is 3.91. The van der Waals surface area contributed by atoms with Gasteiger partial charge in [0.15, 0.2) is 0 Å². The van der Waals surface area contributed by atoms with Gasteiger partial charge in [0, 0.05) is 43.4 Å². The molecule has 1 unspecified atom stereocenters. The fraction of sp³-hybridized carbons (Fsp3) is 0.136. The van der Waals surface area contributed by atoms with Gasteiger partial charge < -0.3 is 4.90 Å². The fourth-order valence-electron chi connectivity index (χ4n) is 3.49.